The first-order valence-corrected chi connectivity index (χ1v) is 8.97. The van der Waals surface area contributed by atoms with E-state index in [1.807, 2.05) is 17.0 Å². The monoisotopic (exact) mass is 344 g/mol. The summed E-state index contributed by atoms with van der Waals surface area (Å²) >= 11 is 0. The third kappa shape index (κ3) is 4.14. The topological polar surface area (TPSA) is 49.7 Å². The van der Waals surface area contributed by atoms with E-state index >= 15 is 0 Å². The largest absolute Gasteiger partial charge is 0.377 e. The summed E-state index contributed by atoms with van der Waals surface area (Å²) in [7, 11) is 4.16. The van der Waals surface area contributed by atoms with Gasteiger partial charge in [-0.15, -0.1) is 0 Å². The number of carbonyl (C=O) groups is 1. The van der Waals surface area contributed by atoms with Crippen LogP contribution >= 0.6 is 0 Å². The summed E-state index contributed by atoms with van der Waals surface area (Å²) in [6.45, 7) is 5.91. The quantitative estimate of drug-likeness (QED) is 0.907. The number of urea groups is 1. The first-order chi connectivity index (χ1) is 12.1. The predicted octanol–water partition coefficient (Wildman–Crippen LogP) is 2.85. The third-order valence-electron chi connectivity index (χ3n) is 4.77. The molecule has 2 aromatic rings. The fourth-order valence-electron chi connectivity index (χ4n) is 3.24. The van der Waals surface area contributed by atoms with Crippen molar-refractivity contribution in [1.29, 1.82) is 0 Å². The number of morpholine rings is 1. The zero-order valence-electron chi connectivity index (χ0n) is 15.4. The fourth-order valence-corrected chi connectivity index (χ4v) is 3.24. The molecule has 0 unspecified atom stereocenters. The average Bonchev–Trinajstić information content (AvgIpc) is 3.02. The Morgan fingerprint density at radius 2 is 2.20 bits per heavy atom. The average molecular weight is 344 g/mol. The second-order valence-electron chi connectivity index (χ2n) is 6.85. The molecule has 1 atom stereocenters. The van der Waals surface area contributed by atoms with Crippen molar-refractivity contribution < 1.29 is 9.53 Å². The van der Waals surface area contributed by atoms with Crippen molar-refractivity contribution in [2.45, 2.75) is 25.9 Å². The van der Waals surface area contributed by atoms with Crippen molar-refractivity contribution in [3.63, 3.8) is 0 Å². The Labute approximate surface area is 149 Å². The van der Waals surface area contributed by atoms with Crippen LogP contribution in [0.1, 0.15) is 13.3 Å². The molecule has 1 aromatic heterocycles. The Balaban J connectivity index is 1.70. The van der Waals surface area contributed by atoms with E-state index in [-0.39, 0.29) is 12.1 Å². The molecule has 0 aliphatic carbocycles. The molecule has 0 bridgehead atoms. The maximum Gasteiger partial charge on any atom is 0.322 e. The normalized spacial score (nSPS) is 18.1. The minimum atomic E-state index is -0.0402. The first-order valence-electron chi connectivity index (χ1n) is 8.97. The summed E-state index contributed by atoms with van der Waals surface area (Å²) < 4.78 is 7.72. The molecule has 6 nitrogen and oxygen atoms in total. The molecule has 2 heterocycles. The van der Waals surface area contributed by atoms with Crippen LogP contribution in [-0.2, 0) is 11.3 Å². The number of nitrogens with one attached hydrogen (secondary N) is 1. The van der Waals surface area contributed by atoms with E-state index in [1.165, 1.54) is 5.52 Å². The minimum absolute atomic E-state index is 0.0402. The zero-order chi connectivity index (χ0) is 17.8. The number of aromatic nitrogens is 1. The van der Waals surface area contributed by atoms with Crippen LogP contribution in [0.4, 0.5) is 10.5 Å². The summed E-state index contributed by atoms with van der Waals surface area (Å²) in [4.78, 5) is 16.7. The lowest BCUT2D eigenvalue weighted by atomic mass is 10.2. The summed E-state index contributed by atoms with van der Waals surface area (Å²) in [6, 6.07) is 8.32. The van der Waals surface area contributed by atoms with Gasteiger partial charge >= 0.3 is 6.03 Å². The third-order valence-corrected chi connectivity index (χ3v) is 4.77. The van der Waals surface area contributed by atoms with Gasteiger partial charge in [-0.3, -0.25) is 0 Å². The molecule has 1 N–H and O–H groups in total. The van der Waals surface area contributed by atoms with Gasteiger partial charge in [0.25, 0.3) is 0 Å². The van der Waals surface area contributed by atoms with Crippen LogP contribution in [0.15, 0.2) is 30.5 Å². The van der Waals surface area contributed by atoms with Crippen LogP contribution in [0, 0.1) is 0 Å². The Morgan fingerprint density at radius 1 is 1.36 bits per heavy atom. The number of carbonyl (C=O) groups excluding carboxylic acids is 1. The van der Waals surface area contributed by atoms with Gasteiger partial charge in [0, 0.05) is 42.4 Å². The fraction of sp³-hybridized carbons (Fsp3) is 0.526. The van der Waals surface area contributed by atoms with Crippen LogP contribution < -0.4 is 5.32 Å². The van der Waals surface area contributed by atoms with Crippen LogP contribution in [0.25, 0.3) is 10.9 Å². The van der Waals surface area contributed by atoms with Gasteiger partial charge in [-0.1, -0.05) is 6.92 Å². The number of nitrogens with zero attached hydrogens (tertiary/aromatic N) is 3. The molecule has 6 heteroatoms. The van der Waals surface area contributed by atoms with Crippen molar-refractivity contribution in [3.8, 4) is 0 Å². The van der Waals surface area contributed by atoms with Crippen molar-refractivity contribution >= 4 is 22.6 Å². The first kappa shape index (κ1) is 17.8. The summed E-state index contributed by atoms with van der Waals surface area (Å²) in [5, 5.41) is 4.19. The molecule has 136 valence electrons. The van der Waals surface area contributed by atoms with E-state index in [0.717, 1.165) is 30.6 Å². The lowest BCUT2D eigenvalue weighted by Gasteiger charge is -2.35. The zero-order valence-corrected chi connectivity index (χ0v) is 15.4. The van der Waals surface area contributed by atoms with E-state index in [4.69, 9.17) is 4.74 Å². The van der Waals surface area contributed by atoms with Gasteiger partial charge in [0.2, 0.25) is 0 Å². The summed E-state index contributed by atoms with van der Waals surface area (Å²) in [5.74, 6) is 0. The van der Waals surface area contributed by atoms with Gasteiger partial charge in [0.1, 0.15) is 0 Å². The Hall–Kier alpha value is -2.05. The second-order valence-corrected chi connectivity index (χ2v) is 6.85. The molecular formula is C19H28N4O2. The lowest BCUT2D eigenvalue weighted by molar-refractivity contribution is 0.0144. The number of anilines is 1. The van der Waals surface area contributed by atoms with E-state index < -0.39 is 0 Å². The van der Waals surface area contributed by atoms with Crippen LogP contribution in [-0.4, -0.2) is 66.8 Å². The summed E-state index contributed by atoms with van der Waals surface area (Å²) in [6.07, 6.45) is 3.01. The van der Waals surface area contributed by atoms with Gasteiger partial charge in [0.05, 0.1) is 19.3 Å². The molecule has 1 saturated heterocycles. The molecule has 3 rings (SSSR count). The van der Waals surface area contributed by atoms with E-state index in [0.29, 0.717) is 19.8 Å². The molecule has 0 saturated carbocycles. The second kappa shape index (κ2) is 7.89. The van der Waals surface area contributed by atoms with Gasteiger partial charge < -0.3 is 24.4 Å². The molecule has 0 spiro atoms. The maximum atomic E-state index is 12.6. The molecule has 2 amide bonds. The molecule has 1 aliphatic heterocycles. The standard InChI is InChI=1S/C19H28N4O2/c1-4-17-14-25-12-11-23(17)19(24)20-16-5-6-18-15(13-16)7-8-22(18)10-9-21(2)3/h5-8,13,17H,4,9-12,14H2,1-3H3,(H,20,24)/t17-/m1/s1. The number of rotatable bonds is 5. The lowest BCUT2D eigenvalue weighted by Crippen LogP contribution is -2.50. The number of hydrogen-bond acceptors (Lipinski definition) is 3. The molecule has 25 heavy (non-hydrogen) atoms. The molecule has 1 aliphatic rings. The highest BCUT2D eigenvalue weighted by molar-refractivity contribution is 5.93. The van der Waals surface area contributed by atoms with Crippen molar-refractivity contribution in [1.82, 2.24) is 14.4 Å². The van der Waals surface area contributed by atoms with Gasteiger partial charge in [-0.25, -0.2) is 4.79 Å². The van der Waals surface area contributed by atoms with E-state index in [9.17, 15) is 4.79 Å². The van der Waals surface area contributed by atoms with Crippen LogP contribution in [0.2, 0.25) is 0 Å². The van der Waals surface area contributed by atoms with Crippen molar-refractivity contribution in [2.75, 3.05) is 45.7 Å². The van der Waals surface area contributed by atoms with Crippen LogP contribution in [0.3, 0.4) is 0 Å². The Morgan fingerprint density at radius 3 is 2.96 bits per heavy atom. The number of ether oxygens (including phenoxy) is 1. The van der Waals surface area contributed by atoms with Gasteiger partial charge in [0.15, 0.2) is 0 Å². The number of hydrogen-bond donors (Lipinski definition) is 1. The van der Waals surface area contributed by atoms with Crippen LogP contribution in [0.5, 0.6) is 0 Å². The maximum absolute atomic E-state index is 12.6. The van der Waals surface area contributed by atoms with E-state index in [1.54, 1.807) is 0 Å². The molecular weight excluding hydrogens is 316 g/mol. The highest BCUT2D eigenvalue weighted by atomic mass is 16.5. The Bertz CT molecular complexity index is 725. The van der Waals surface area contributed by atoms with Crippen molar-refractivity contribution in [3.05, 3.63) is 30.5 Å². The van der Waals surface area contributed by atoms with Gasteiger partial charge in [-0.2, -0.15) is 0 Å². The molecule has 1 aromatic carbocycles. The number of fused-ring (bicyclic) bond motifs is 1. The molecule has 0 radical (unpaired) electrons. The number of amides is 2. The molecule has 1 fully saturated rings. The van der Waals surface area contributed by atoms with Crippen molar-refractivity contribution in [2.24, 2.45) is 0 Å². The number of likely N-dealkylation sites (N-methyl/N-ethyl adjacent to an activating group) is 1. The van der Waals surface area contributed by atoms with Gasteiger partial charge in [-0.05, 0) is 44.8 Å². The number of benzene rings is 1. The minimum Gasteiger partial charge on any atom is -0.377 e. The smallest absolute Gasteiger partial charge is 0.322 e. The van der Waals surface area contributed by atoms with E-state index in [2.05, 4.69) is 54.1 Å². The highest BCUT2D eigenvalue weighted by Gasteiger charge is 2.25. The predicted molar refractivity (Wildman–Crippen MR) is 101 cm³/mol. The Kier molecular flexibility index (Phi) is 5.60. The summed E-state index contributed by atoms with van der Waals surface area (Å²) in [5.41, 5.74) is 2.03. The highest BCUT2D eigenvalue weighted by Crippen LogP contribution is 2.21. The SMILES string of the molecule is CC[C@@H]1COCCN1C(=O)Nc1ccc2c(ccn2CCN(C)C)c1.